The molecule has 0 amide bonds. The van der Waals surface area contributed by atoms with Gasteiger partial charge in [-0.1, -0.05) is 30.1 Å². The SMILES string of the molecule is CCC1Oc2cc(Cl)cc(Cl)c2C1O. The molecule has 2 atom stereocenters. The van der Waals surface area contributed by atoms with Crippen LogP contribution in [-0.4, -0.2) is 11.2 Å². The van der Waals surface area contributed by atoms with E-state index in [4.69, 9.17) is 27.9 Å². The van der Waals surface area contributed by atoms with Gasteiger partial charge in [0.1, 0.15) is 18.0 Å². The minimum Gasteiger partial charge on any atom is -0.487 e. The maximum absolute atomic E-state index is 9.86. The molecule has 0 aromatic heterocycles. The fourth-order valence-electron chi connectivity index (χ4n) is 1.67. The van der Waals surface area contributed by atoms with Crippen LogP contribution in [0.4, 0.5) is 0 Å². The monoisotopic (exact) mass is 232 g/mol. The highest BCUT2D eigenvalue weighted by atomic mass is 35.5. The van der Waals surface area contributed by atoms with Crippen LogP contribution in [0.5, 0.6) is 5.75 Å². The Balaban J connectivity index is 2.48. The molecule has 0 bridgehead atoms. The van der Waals surface area contributed by atoms with Crippen molar-refractivity contribution in [1.29, 1.82) is 0 Å². The third-order valence-corrected chi connectivity index (χ3v) is 2.92. The van der Waals surface area contributed by atoms with Crippen LogP contribution >= 0.6 is 23.2 Å². The quantitative estimate of drug-likeness (QED) is 0.806. The fraction of sp³-hybridized carbons (Fsp3) is 0.400. The summed E-state index contributed by atoms with van der Waals surface area (Å²) in [6, 6.07) is 3.30. The number of aliphatic hydroxyl groups excluding tert-OH is 1. The van der Waals surface area contributed by atoms with Crippen molar-refractivity contribution in [3.8, 4) is 5.75 Å². The van der Waals surface area contributed by atoms with Crippen molar-refractivity contribution >= 4 is 23.2 Å². The summed E-state index contributed by atoms with van der Waals surface area (Å²) in [5.74, 6) is 0.599. The number of benzene rings is 1. The number of rotatable bonds is 1. The Morgan fingerprint density at radius 1 is 1.43 bits per heavy atom. The number of halogens is 2. The number of ether oxygens (including phenoxy) is 1. The van der Waals surface area contributed by atoms with Crippen molar-refractivity contribution in [1.82, 2.24) is 0 Å². The molecule has 1 aromatic rings. The lowest BCUT2D eigenvalue weighted by molar-refractivity contribution is 0.0654. The van der Waals surface area contributed by atoms with Crippen molar-refractivity contribution in [3.63, 3.8) is 0 Å². The highest BCUT2D eigenvalue weighted by Gasteiger charge is 2.33. The van der Waals surface area contributed by atoms with E-state index in [1.165, 1.54) is 0 Å². The van der Waals surface area contributed by atoms with Gasteiger partial charge in [0, 0.05) is 10.6 Å². The second kappa shape index (κ2) is 3.61. The molecule has 0 radical (unpaired) electrons. The number of fused-ring (bicyclic) bond motifs is 1. The lowest BCUT2D eigenvalue weighted by atomic mass is 10.1. The summed E-state index contributed by atoms with van der Waals surface area (Å²) in [4.78, 5) is 0. The highest BCUT2D eigenvalue weighted by Crippen LogP contribution is 2.43. The molecule has 1 N–H and O–H groups in total. The fourth-order valence-corrected chi connectivity index (χ4v) is 2.25. The predicted octanol–water partition coefficient (Wildman–Crippen LogP) is 3.20. The van der Waals surface area contributed by atoms with E-state index < -0.39 is 6.10 Å². The van der Waals surface area contributed by atoms with Crippen LogP contribution in [0.3, 0.4) is 0 Å². The molecule has 4 heteroatoms. The number of aliphatic hydroxyl groups is 1. The van der Waals surface area contributed by atoms with E-state index in [-0.39, 0.29) is 6.10 Å². The maximum atomic E-state index is 9.86. The first-order valence-corrected chi connectivity index (χ1v) is 5.22. The van der Waals surface area contributed by atoms with Crippen LogP contribution < -0.4 is 4.74 Å². The molecule has 2 rings (SSSR count). The Hall–Kier alpha value is -0.440. The van der Waals surface area contributed by atoms with Gasteiger partial charge in [-0.2, -0.15) is 0 Å². The molecule has 0 spiro atoms. The molecular formula is C10H10Cl2O2. The van der Waals surface area contributed by atoms with Crippen LogP contribution in [0.15, 0.2) is 12.1 Å². The minimum atomic E-state index is -0.639. The Bertz CT molecular complexity index is 365. The smallest absolute Gasteiger partial charge is 0.129 e. The van der Waals surface area contributed by atoms with E-state index in [9.17, 15) is 5.11 Å². The third kappa shape index (κ3) is 1.48. The van der Waals surface area contributed by atoms with E-state index >= 15 is 0 Å². The number of hydrogen-bond acceptors (Lipinski definition) is 2. The Labute approximate surface area is 92.4 Å². The van der Waals surface area contributed by atoms with Gasteiger partial charge in [-0.15, -0.1) is 0 Å². The molecule has 76 valence electrons. The van der Waals surface area contributed by atoms with Crippen LogP contribution in [-0.2, 0) is 0 Å². The summed E-state index contributed by atoms with van der Waals surface area (Å²) in [7, 11) is 0. The Morgan fingerprint density at radius 3 is 2.79 bits per heavy atom. The van der Waals surface area contributed by atoms with Crippen molar-refractivity contribution in [3.05, 3.63) is 27.7 Å². The van der Waals surface area contributed by atoms with Crippen LogP contribution in [0.1, 0.15) is 25.0 Å². The lowest BCUT2D eigenvalue weighted by Crippen LogP contribution is -2.16. The molecule has 1 heterocycles. The zero-order valence-electron chi connectivity index (χ0n) is 7.63. The van der Waals surface area contributed by atoms with Gasteiger partial charge in [-0.05, 0) is 18.6 Å². The first-order valence-electron chi connectivity index (χ1n) is 4.47. The summed E-state index contributed by atoms with van der Waals surface area (Å²) in [5.41, 5.74) is 0.655. The standard InChI is InChI=1S/C10H10Cl2O2/c1-2-7-10(13)9-6(12)3-5(11)4-8(9)14-7/h3-4,7,10,13H,2H2,1H3. The Kier molecular flexibility index (Phi) is 2.60. The Morgan fingerprint density at radius 2 is 2.14 bits per heavy atom. The van der Waals surface area contributed by atoms with E-state index in [1.54, 1.807) is 12.1 Å². The lowest BCUT2D eigenvalue weighted by Gasteiger charge is -2.10. The maximum Gasteiger partial charge on any atom is 0.129 e. The van der Waals surface area contributed by atoms with Crippen molar-refractivity contribution in [2.24, 2.45) is 0 Å². The summed E-state index contributed by atoms with van der Waals surface area (Å²) in [6.45, 7) is 1.95. The van der Waals surface area contributed by atoms with Crippen LogP contribution in [0.25, 0.3) is 0 Å². The van der Waals surface area contributed by atoms with Crippen LogP contribution in [0, 0.1) is 0 Å². The van der Waals surface area contributed by atoms with Crippen molar-refractivity contribution in [2.75, 3.05) is 0 Å². The molecule has 14 heavy (non-hydrogen) atoms. The van der Waals surface area contributed by atoms with E-state index in [1.807, 2.05) is 6.92 Å². The molecule has 0 saturated carbocycles. The topological polar surface area (TPSA) is 29.5 Å². The minimum absolute atomic E-state index is 0.207. The third-order valence-electron chi connectivity index (χ3n) is 2.38. The number of hydrogen-bond donors (Lipinski definition) is 1. The molecule has 0 aliphatic carbocycles. The molecule has 0 saturated heterocycles. The van der Waals surface area contributed by atoms with Gasteiger partial charge in [-0.25, -0.2) is 0 Å². The van der Waals surface area contributed by atoms with Crippen molar-refractivity contribution in [2.45, 2.75) is 25.6 Å². The average Bonchev–Trinajstić information content (AvgIpc) is 2.42. The molecule has 1 aliphatic heterocycles. The predicted molar refractivity (Wildman–Crippen MR) is 56.1 cm³/mol. The van der Waals surface area contributed by atoms with Gasteiger partial charge in [-0.3, -0.25) is 0 Å². The van der Waals surface area contributed by atoms with Gasteiger partial charge in [0.15, 0.2) is 0 Å². The summed E-state index contributed by atoms with van der Waals surface area (Å²) < 4.78 is 5.51. The average molecular weight is 233 g/mol. The van der Waals surface area contributed by atoms with Gasteiger partial charge in [0.05, 0.1) is 5.02 Å². The molecule has 1 aromatic carbocycles. The first kappa shape index (κ1) is 10.1. The van der Waals surface area contributed by atoms with E-state index in [0.717, 1.165) is 6.42 Å². The van der Waals surface area contributed by atoms with E-state index in [0.29, 0.717) is 21.4 Å². The zero-order chi connectivity index (χ0) is 10.3. The van der Waals surface area contributed by atoms with Gasteiger partial charge in [0.2, 0.25) is 0 Å². The summed E-state index contributed by atoms with van der Waals surface area (Å²) >= 11 is 11.8. The molecule has 1 aliphatic rings. The second-order valence-electron chi connectivity index (χ2n) is 3.31. The van der Waals surface area contributed by atoms with E-state index in [2.05, 4.69) is 0 Å². The molecule has 2 nitrogen and oxygen atoms in total. The van der Waals surface area contributed by atoms with Gasteiger partial charge < -0.3 is 9.84 Å². The first-order chi connectivity index (χ1) is 6.63. The van der Waals surface area contributed by atoms with Crippen molar-refractivity contribution < 1.29 is 9.84 Å². The molecule has 2 unspecified atom stereocenters. The van der Waals surface area contributed by atoms with Gasteiger partial charge >= 0.3 is 0 Å². The largest absolute Gasteiger partial charge is 0.487 e. The molecule has 0 fully saturated rings. The zero-order valence-corrected chi connectivity index (χ0v) is 9.14. The summed E-state index contributed by atoms with van der Waals surface area (Å²) in [5, 5.41) is 10.9. The van der Waals surface area contributed by atoms with Gasteiger partial charge in [0.25, 0.3) is 0 Å². The highest BCUT2D eigenvalue weighted by molar-refractivity contribution is 6.35. The summed E-state index contributed by atoms with van der Waals surface area (Å²) in [6.07, 6.45) is -0.107. The molecular weight excluding hydrogens is 223 g/mol. The second-order valence-corrected chi connectivity index (χ2v) is 4.15. The van der Waals surface area contributed by atoms with Crippen LogP contribution in [0.2, 0.25) is 10.0 Å². The normalized spacial score (nSPS) is 24.6.